The highest BCUT2D eigenvalue weighted by molar-refractivity contribution is 5.77. The van der Waals surface area contributed by atoms with Crippen LogP contribution in [-0.2, 0) is 17.5 Å². The predicted molar refractivity (Wildman–Crippen MR) is 115 cm³/mol. The first-order chi connectivity index (χ1) is 16.7. The Kier molecular flexibility index (Phi) is 4.45. The number of hydrogen-bond acceptors (Lipinski definition) is 5. The van der Waals surface area contributed by atoms with E-state index < -0.39 is 11.9 Å². The molecule has 0 radical (unpaired) electrons. The normalized spacial score (nSPS) is 25.7. The first-order valence-electron chi connectivity index (χ1n) is 12.3. The number of halogens is 3. The Morgan fingerprint density at radius 3 is 2.31 bits per heavy atom. The number of urea groups is 1. The van der Waals surface area contributed by atoms with Gasteiger partial charge in [0.15, 0.2) is 5.82 Å². The Bertz CT molecular complexity index is 1130. The van der Waals surface area contributed by atoms with Crippen LogP contribution in [0.25, 0.3) is 0 Å². The van der Waals surface area contributed by atoms with Crippen LogP contribution in [0.5, 0.6) is 0 Å². The minimum atomic E-state index is -4.38. The number of nitrogens with one attached hydrogen (secondary N) is 1. The van der Waals surface area contributed by atoms with Crippen LogP contribution in [0.4, 0.5) is 18.0 Å². The lowest BCUT2D eigenvalue weighted by Gasteiger charge is -2.63. The number of ether oxygens (including phenoxy) is 1. The van der Waals surface area contributed by atoms with E-state index in [1.165, 1.54) is 6.20 Å². The third-order valence-electron chi connectivity index (χ3n) is 8.80. The molecule has 35 heavy (non-hydrogen) atoms. The smallest absolute Gasteiger partial charge is 0.380 e. The van der Waals surface area contributed by atoms with E-state index in [1.54, 1.807) is 0 Å². The van der Waals surface area contributed by atoms with E-state index in [2.05, 4.69) is 20.3 Å². The lowest BCUT2D eigenvalue weighted by molar-refractivity contribution is -0.146. The second-order valence-electron chi connectivity index (χ2n) is 11.6. The standard InChI is InChI=1S/C23H28F3N7O2/c24-23(25,26)17-1-2-27-33(17)7-14-3-21(4-14)10-31(11-21)20(34)32-12-22(13-32)5-15(6-22)18-28-19(30-29-18)16-8-35-9-16/h1-2,14-16H,3-13H2,(H,28,29,30). The Labute approximate surface area is 200 Å². The molecule has 3 saturated heterocycles. The van der Waals surface area contributed by atoms with Gasteiger partial charge in [0.1, 0.15) is 11.5 Å². The van der Waals surface area contributed by atoms with E-state index in [1.807, 2.05) is 9.80 Å². The van der Waals surface area contributed by atoms with E-state index >= 15 is 0 Å². The summed E-state index contributed by atoms with van der Waals surface area (Å²) in [6.45, 7) is 4.71. The highest BCUT2D eigenvalue weighted by Crippen LogP contribution is 2.57. The number of aromatic nitrogens is 5. The number of likely N-dealkylation sites (tertiary alicyclic amines) is 2. The number of amides is 2. The minimum Gasteiger partial charge on any atom is -0.380 e. The molecule has 2 aromatic rings. The summed E-state index contributed by atoms with van der Waals surface area (Å²) in [6.07, 6.45) is 0.600. The van der Waals surface area contributed by atoms with Gasteiger partial charge in [-0.3, -0.25) is 9.78 Å². The number of carbonyl (C=O) groups excluding carboxylic acids is 1. The molecule has 2 spiro atoms. The summed E-state index contributed by atoms with van der Waals surface area (Å²) >= 11 is 0. The Hall–Kier alpha value is -2.63. The molecule has 2 aliphatic carbocycles. The average molecular weight is 492 g/mol. The van der Waals surface area contributed by atoms with Gasteiger partial charge < -0.3 is 14.5 Å². The van der Waals surface area contributed by atoms with Gasteiger partial charge >= 0.3 is 12.2 Å². The number of rotatable bonds is 4. The van der Waals surface area contributed by atoms with Crippen molar-refractivity contribution in [2.75, 3.05) is 39.4 Å². The van der Waals surface area contributed by atoms with Crippen molar-refractivity contribution in [1.82, 2.24) is 34.8 Å². The Balaban J connectivity index is 0.851. The number of alkyl halides is 3. The number of aromatic amines is 1. The van der Waals surface area contributed by atoms with Crippen LogP contribution in [0.15, 0.2) is 12.3 Å². The SMILES string of the molecule is O=C(N1CC2(CC(Cn3nccc3C(F)(F)F)C2)C1)N1CC2(CC(c3nc(C4COC4)n[nH]3)C2)C1. The van der Waals surface area contributed by atoms with Crippen molar-refractivity contribution in [3.8, 4) is 0 Å². The second kappa shape index (κ2) is 7.21. The zero-order chi connectivity index (χ0) is 24.0. The molecule has 188 valence electrons. The van der Waals surface area contributed by atoms with Gasteiger partial charge in [-0.2, -0.15) is 23.4 Å². The van der Waals surface area contributed by atoms with Gasteiger partial charge in [-0.05, 0) is 37.7 Å². The highest BCUT2D eigenvalue weighted by atomic mass is 19.4. The highest BCUT2D eigenvalue weighted by Gasteiger charge is 2.59. The van der Waals surface area contributed by atoms with Gasteiger partial charge in [0.25, 0.3) is 0 Å². The Morgan fingerprint density at radius 1 is 1.06 bits per heavy atom. The fraction of sp³-hybridized carbons (Fsp3) is 0.739. The molecule has 9 nitrogen and oxygen atoms in total. The van der Waals surface area contributed by atoms with Crippen molar-refractivity contribution in [1.29, 1.82) is 0 Å². The largest absolute Gasteiger partial charge is 0.433 e. The van der Waals surface area contributed by atoms with E-state index in [9.17, 15) is 18.0 Å². The maximum Gasteiger partial charge on any atom is 0.433 e. The van der Waals surface area contributed by atoms with Crippen LogP contribution in [0.1, 0.15) is 54.9 Å². The zero-order valence-electron chi connectivity index (χ0n) is 19.3. The van der Waals surface area contributed by atoms with Crippen LogP contribution in [-0.4, -0.2) is 80.2 Å². The molecule has 5 aliphatic rings. The summed E-state index contributed by atoms with van der Waals surface area (Å²) in [4.78, 5) is 21.4. The van der Waals surface area contributed by atoms with E-state index in [4.69, 9.17) is 4.74 Å². The summed E-state index contributed by atoms with van der Waals surface area (Å²) in [5, 5.41) is 11.3. The van der Waals surface area contributed by atoms with Crippen LogP contribution >= 0.6 is 0 Å². The molecule has 5 fully saturated rings. The first kappa shape index (κ1) is 21.6. The van der Waals surface area contributed by atoms with Crippen molar-refractivity contribution in [3.63, 3.8) is 0 Å². The third kappa shape index (κ3) is 3.47. The average Bonchev–Trinajstić information content (AvgIpc) is 3.28. The number of carbonyl (C=O) groups is 1. The summed E-state index contributed by atoms with van der Waals surface area (Å²) in [6, 6.07) is 1.13. The topological polar surface area (TPSA) is 92.2 Å². The molecule has 0 bridgehead atoms. The van der Waals surface area contributed by atoms with Gasteiger partial charge in [-0.1, -0.05) is 0 Å². The predicted octanol–water partition coefficient (Wildman–Crippen LogP) is 2.85. The van der Waals surface area contributed by atoms with Gasteiger partial charge in [-0.25, -0.2) is 9.78 Å². The quantitative estimate of drug-likeness (QED) is 0.710. The van der Waals surface area contributed by atoms with Gasteiger partial charge in [0.05, 0.1) is 19.1 Å². The van der Waals surface area contributed by atoms with Gasteiger partial charge in [-0.15, -0.1) is 0 Å². The summed E-state index contributed by atoms with van der Waals surface area (Å²) in [5.74, 6) is 2.71. The van der Waals surface area contributed by atoms with Crippen molar-refractivity contribution in [3.05, 3.63) is 29.6 Å². The van der Waals surface area contributed by atoms with Crippen LogP contribution in [0.3, 0.4) is 0 Å². The molecule has 2 saturated carbocycles. The monoisotopic (exact) mass is 491 g/mol. The molecule has 3 aliphatic heterocycles. The molecule has 2 amide bonds. The molecule has 0 atom stereocenters. The van der Waals surface area contributed by atoms with Crippen LogP contribution in [0, 0.1) is 16.7 Å². The molecule has 0 unspecified atom stereocenters. The summed E-state index contributed by atoms with van der Waals surface area (Å²) in [7, 11) is 0. The van der Waals surface area contributed by atoms with E-state index in [0.29, 0.717) is 38.1 Å². The molecule has 1 N–H and O–H groups in total. The summed E-state index contributed by atoms with van der Waals surface area (Å²) < 4.78 is 45.5. The molecule has 7 rings (SSSR count). The molecule has 12 heteroatoms. The fourth-order valence-electron chi connectivity index (χ4n) is 6.99. The zero-order valence-corrected chi connectivity index (χ0v) is 19.3. The van der Waals surface area contributed by atoms with E-state index in [-0.39, 0.29) is 29.3 Å². The van der Waals surface area contributed by atoms with Crippen molar-refractivity contribution in [2.45, 2.75) is 50.2 Å². The number of H-pyrrole nitrogens is 1. The Morgan fingerprint density at radius 2 is 1.71 bits per heavy atom. The van der Waals surface area contributed by atoms with Crippen LogP contribution < -0.4 is 0 Å². The number of hydrogen-bond donors (Lipinski definition) is 1. The molecular formula is C23H28F3N7O2. The van der Waals surface area contributed by atoms with E-state index in [0.717, 1.165) is 61.2 Å². The molecule has 2 aromatic heterocycles. The summed E-state index contributed by atoms with van der Waals surface area (Å²) in [5.41, 5.74) is -0.381. The van der Waals surface area contributed by atoms with Crippen LogP contribution in [0.2, 0.25) is 0 Å². The third-order valence-corrected chi connectivity index (χ3v) is 8.80. The van der Waals surface area contributed by atoms with Crippen molar-refractivity contribution >= 4 is 6.03 Å². The number of nitrogens with zero attached hydrogens (tertiary/aromatic N) is 6. The van der Waals surface area contributed by atoms with Gasteiger partial charge in [0.2, 0.25) is 0 Å². The lowest BCUT2D eigenvalue weighted by Crippen LogP contribution is -2.71. The van der Waals surface area contributed by atoms with Crippen molar-refractivity contribution < 1.29 is 22.7 Å². The molecule has 0 aromatic carbocycles. The fourth-order valence-corrected chi connectivity index (χ4v) is 6.99. The second-order valence-corrected chi connectivity index (χ2v) is 11.6. The molecular weight excluding hydrogens is 463 g/mol. The minimum absolute atomic E-state index is 0.0888. The van der Waals surface area contributed by atoms with Gasteiger partial charge in [0, 0.05) is 55.7 Å². The lowest BCUT2D eigenvalue weighted by atomic mass is 9.57. The maximum atomic E-state index is 13.1. The van der Waals surface area contributed by atoms with Crippen molar-refractivity contribution in [2.24, 2.45) is 16.7 Å². The molecule has 5 heterocycles. The maximum absolute atomic E-state index is 13.1. The first-order valence-corrected chi connectivity index (χ1v) is 12.3.